The number of carbonyl (C=O) groups is 1. The van der Waals surface area contributed by atoms with Crippen LogP contribution in [0.3, 0.4) is 0 Å². The minimum Gasteiger partial charge on any atom is -0.324 e. The van der Waals surface area contributed by atoms with Gasteiger partial charge in [-0.25, -0.2) is 0 Å². The smallest absolute Gasteiger partial charge is 0.240 e. The van der Waals surface area contributed by atoms with Gasteiger partial charge in [0.05, 0.1) is 12.2 Å². The van der Waals surface area contributed by atoms with Crippen LogP contribution in [0, 0.1) is 5.92 Å². The van der Waals surface area contributed by atoms with Gasteiger partial charge < -0.3 is 4.90 Å². The van der Waals surface area contributed by atoms with E-state index in [1.807, 2.05) is 18.7 Å². The molecule has 0 bridgehead atoms. The van der Waals surface area contributed by atoms with Gasteiger partial charge in [0.2, 0.25) is 5.91 Å². The molecular formula is C16H30N2OS. The molecule has 3 nitrogen and oxygen atoms in total. The topological polar surface area (TPSA) is 32.3 Å². The standard InChI is InChI=1S/C16H30N2OS/c1-12(2)10-14-17-13(3)15(19)18(14)11-16(20-4)8-6-5-7-9-16/h12-14,17H,5-11H2,1-4H3. The molecule has 2 atom stereocenters. The molecule has 0 spiro atoms. The molecule has 2 unspecified atom stereocenters. The second-order valence-corrected chi connectivity index (χ2v) is 8.22. The molecule has 1 saturated heterocycles. The highest BCUT2D eigenvalue weighted by Gasteiger charge is 2.42. The van der Waals surface area contributed by atoms with E-state index in [2.05, 4.69) is 30.3 Å². The van der Waals surface area contributed by atoms with E-state index in [9.17, 15) is 4.79 Å². The van der Waals surface area contributed by atoms with Gasteiger partial charge in [-0.05, 0) is 38.4 Å². The van der Waals surface area contributed by atoms with E-state index >= 15 is 0 Å². The average molecular weight is 298 g/mol. The van der Waals surface area contributed by atoms with E-state index in [0.29, 0.717) is 16.6 Å². The summed E-state index contributed by atoms with van der Waals surface area (Å²) in [7, 11) is 0. The quantitative estimate of drug-likeness (QED) is 0.845. The molecule has 1 amide bonds. The zero-order chi connectivity index (χ0) is 14.8. The monoisotopic (exact) mass is 298 g/mol. The fraction of sp³-hybridized carbons (Fsp3) is 0.938. The van der Waals surface area contributed by atoms with Crippen molar-refractivity contribution in [2.45, 2.75) is 76.3 Å². The molecule has 2 fully saturated rings. The molecular weight excluding hydrogens is 268 g/mol. The average Bonchev–Trinajstić information content (AvgIpc) is 2.67. The normalized spacial score (nSPS) is 30.2. The van der Waals surface area contributed by atoms with Crippen LogP contribution in [0.1, 0.15) is 59.3 Å². The van der Waals surface area contributed by atoms with Crippen LogP contribution in [0.5, 0.6) is 0 Å². The lowest BCUT2D eigenvalue weighted by Crippen LogP contribution is -2.48. The minimum absolute atomic E-state index is 0.0127. The minimum atomic E-state index is -0.0127. The summed E-state index contributed by atoms with van der Waals surface area (Å²) < 4.78 is 0.300. The lowest BCUT2D eigenvalue weighted by Gasteiger charge is -2.40. The van der Waals surface area contributed by atoms with Gasteiger partial charge in [-0.1, -0.05) is 33.1 Å². The highest BCUT2D eigenvalue weighted by molar-refractivity contribution is 8.00. The van der Waals surface area contributed by atoms with Crippen LogP contribution in [-0.4, -0.2) is 40.6 Å². The Balaban J connectivity index is 2.08. The van der Waals surface area contributed by atoms with Crippen molar-refractivity contribution in [2.24, 2.45) is 5.92 Å². The van der Waals surface area contributed by atoms with Crippen molar-refractivity contribution in [3.05, 3.63) is 0 Å². The van der Waals surface area contributed by atoms with E-state index in [-0.39, 0.29) is 12.2 Å². The first-order valence-corrected chi connectivity index (χ1v) is 9.31. The molecule has 0 aromatic rings. The molecule has 0 aromatic heterocycles. The van der Waals surface area contributed by atoms with E-state index < -0.39 is 0 Å². The fourth-order valence-corrected chi connectivity index (χ4v) is 4.58. The Bertz CT molecular complexity index is 339. The third-order valence-corrected chi connectivity index (χ3v) is 6.23. The molecule has 1 aliphatic heterocycles. The van der Waals surface area contributed by atoms with Crippen LogP contribution in [0.2, 0.25) is 0 Å². The molecule has 1 heterocycles. The lowest BCUT2D eigenvalue weighted by molar-refractivity contribution is -0.130. The third-order valence-electron chi connectivity index (χ3n) is 4.82. The summed E-state index contributed by atoms with van der Waals surface area (Å²) in [6, 6.07) is -0.0127. The number of rotatable bonds is 5. The molecule has 0 radical (unpaired) electrons. The van der Waals surface area contributed by atoms with E-state index in [1.165, 1.54) is 32.1 Å². The summed E-state index contributed by atoms with van der Waals surface area (Å²) in [5, 5.41) is 3.48. The Morgan fingerprint density at radius 3 is 2.55 bits per heavy atom. The molecule has 0 aromatic carbocycles. The SMILES string of the molecule is CSC1(CN2C(=O)C(C)NC2CC(C)C)CCCCC1. The van der Waals surface area contributed by atoms with Crippen molar-refractivity contribution in [1.82, 2.24) is 10.2 Å². The van der Waals surface area contributed by atoms with Gasteiger partial charge in [-0.15, -0.1) is 0 Å². The van der Waals surface area contributed by atoms with Gasteiger partial charge in [0.15, 0.2) is 0 Å². The Hall–Kier alpha value is -0.220. The summed E-state index contributed by atoms with van der Waals surface area (Å²) >= 11 is 1.98. The fourth-order valence-electron chi connectivity index (χ4n) is 3.62. The van der Waals surface area contributed by atoms with Crippen LogP contribution < -0.4 is 5.32 Å². The van der Waals surface area contributed by atoms with Crippen LogP contribution in [0.15, 0.2) is 0 Å². The zero-order valence-electron chi connectivity index (χ0n) is 13.4. The van der Waals surface area contributed by atoms with Crippen molar-refractivity contribution in [1.29, 1.82) is 0 Å². The van der Waals surface area contributed by atoms with Gasteiger partial charge in [0.25, 0.3) is 0 Å². The zero-order valence-corrected chi connectivity index (χ0v) is 14.3. The van der Waals surface area contributed by atoms with Gasteiger partial charge in [0, 0.05) is 11.3 Å². The maximum Gasteiger partial charge on any atom is 0.240 e. The van der Waals surface area contributed by atoms with Crippen molar-refractivity contribution < 1.29 is 4.79 Å². The number of amides is 1. The van der Waals surface area contributed by atoms with Gasteiger partial charge in [-0.2, -0.15) is 11.8 Å². The van der Waals surface area contributed by atoms with Crippen molar-refractivity contribution >= 4 is 17.7 Å². The first-order valence-electron chi connectivity index (χ1n) is 8.09. The van der Waals surface area contributed by atoms with Gasteiger partial charge >= 0.3 is 0 Å². The lowest BCUT2D eigenvalue weighted by atomic mass is 9.87. The molecule has 116 valence electrons. The molecule has 2 rings (SSSR count). The largest absolute Gasteiger partial charge is 0.324 e. The number of hydrogen-bond donors (Lipinski definition) is 1. The molecule has 4 heteroatoms. The highest BCUT2D eigenvalue weighted by Crippen LogP contribution is 2.40. The Morgan fingerprint density at radius 2 is 2.00 bits per heavy atom. The first kappa shape index (κ1) is 16.2. The Kier molecular flexibility index (Phi) is 5.41. The van der Waals surface area contributed by atoms with E-state index in [1.54, 1.807) is 0 Å². The van der Waals surface area contributed by atoms with Gasteiger partial charge in [0.1, 0.15) is 0 Å². The summed E-state index contributed by atoms with van der Waals surface area (Å²) in [6.07, 6.45) is 10.0. The number of hydrogen-bond acceptors (Lipinski definition) is 3. The van der Waals surface area contributed by atoms with Crippen molar-refractivity contribution in [3.8, 4) is 0 Å². The molecule has 20 heavy (non-hydrogen) atoms. The maximum atomic E-state index is 12.5. The molecule has 1 saturated carbocycles. The Labute approximate surface area is 128 Å². The molecule has 1 aliphatic carbocycles. The summed E-state index contributed by atoms with van der Waals surface area (Å²) in [5.74, 6) is 0.916. The highest BCUT2D eigenvalue weighted by atomic mass is 32.2. The predicted molar refractivity (Wildman–Crippen MR) is 86.9 cm³/mol. The number of nitrogens with one attached hydrogen (secondary N) is 1. The second kappa shape index (κ2) is 6.69. The van der Waals surface area contributed by atoms with Crippen LogP contribution in [0.4, 0.5) is 0 Å². The number of thioether (sulfide) groups is 1. The van der Waals surface area contributed by atoms with Crippen molar-refractivity contribution in [2.75, 3.05) is 12.8 Å². The maximum absolute atomic E-state index is 12.5. The predicted octanol–water partition coefficient (Wildman–Crippen LogP) is 3.24. The van der Waals surface area contributed by atoms with Gasteiger partial charge in [-0.3, -0.25) is 10.1 Å². The first-order chi connectivity index (χ1) is 9.47. The summed E-state index contributed by atoms with van der Waals surface area (Å²) in [6.45, 7) is 7.40. The molecule has 2 aliphatic rings. The summed E-state index contributed by atoms with van der Waals surface area (Å²) in [5.41, 5.74) is 0. The summed E-state index contributed by atoms with van der Waals surface area (Å²) in [4.78, 5) is 14.6. The number of carbonyl (C=O) groups excluding carboxylic acids is 1. The van der Waals surface area contributed by atoms with Crippen molar-refractivity contribution in [3.63, 3.8) is 0 Å². The number of nitrogens with zero attached hydrogens (tertiary/aromatic N) is 1. The second-order valence-electron chi connectivity index (χ2n) is 6.95. The molecule has 1 N–H and O–H groups in total. The van der Waals surface area contributed by atoms with Crippen LogP contribution in [0.25, 0.3) is 0 Å². The Morgan fingerprint density at radius 1 is 1.35 bits per heavy atom. The third kappa shape index (κ3) is 3.51. The van der Waals surface area contributed by atoms with E-state index in [0.717, 1.165) is 13.0 Å². The van der Waals surface area contributed by atoms with Crippen LogP contribution >= 0.6 is 11.8 Å². The van der Waals surface area contributed by atoms with Crippen LogP contribution in [-0.2, 0) is 4.79 Å². The van der Waals surface area contributed by atoms with E-state index in [4.69, 9.17) is 0 Å².